The fourth-order valence-corrected chi connectivity index (χ4v) is 2.33. The lowest BCUT2D eigenvalue weighted by Gasteiger charge is -2.08. The molecule has 1 heterocycles. The molecule has 5 nitrogen and oxygen atoms in total. The van der Waals surface area contributed by atoms with Crippen molar-refractivity contribution < 1.29 is 0 Å². The van der Waals surface area contributed by atoms with Crippen LogP contribution < -0.4 is 11.2 Å². The molecule has 0 radical (unpaired) electrons. The van der Waals surface area contributed by atoms with E-state index < -0.39 is 0 Å². The van der Waals surface area contributed by atoms with Gasteiger partial charge in [0.25, 0.3) is 0 Å². The van der Waals surface area contributed by atoms with E-state index in [2.05, 4.69) is 10.1 Å². The molecule has 0 unspecified atom stereocenters. The molecule has 124 valence electrons. The average molecular weight is 330 g/mol. The van der Waals surface area contributed by atoms with Gasteiger partial charge in [0.2, 0.25) is 5.43 Å². The number of aromatic nitrogens is 2. The van der Waals surface area contributed by atoms with E-state index in [1.54, 1.807) is 17.0 Å². The van der Waals surface area contributed by atoms with Crippen molar-refractivity contribution in [3.8, 4) is 5.69 Å². The summed E-state index contributed by atoms with van der Waals surface area (Å²) in [4.78, 5) is 16.8. The normalized spacial score (nSPS) is 11.8. The van der Waals surface area contributed by atoms with E-state index in [-0.39, 0.29) is 11.1 Å². The largest absolute Gasteiger partial charge is 0.405 e. The van der Waals surface area contributed by atoms with E-state index >= 15 is 0 Å². The summed E-state index contributed by atoms with van der Waals surface area (Å²) < 4.78 is 1.65. The summed E-state index contributed by atoms with van der Waals surface area (Å²) in [5, 5.41) is 4.45. The van der Waals surface area contributed by atoms with Crippen LogP contribution >= 0.6 is 0 Å². The highest BCUT2D eigenvalue weighted by atomic mass is 16.1. The molecule has 0 aliphatic heterocycles. The van der Waals surface area contributed by atoms with Crippen LogP contribution in [0, 0.1) is 6.92 Å². The van der Waals surface area contributed by atoms with E-state index in [0.717, 1.165) is 16.9 Å². The molecule has 0 atom stereocenters. The van der Waals surface area contributed by atoms with Gasteiger partial charge in [-0.25, -0.2) is 9.67 Å². The minimum Gasteiger partial charge on any atom is -0.405 e. The number of nitrogens with two attached hydrogens (primary N) is 1. The molecule has 2 N–H and O–H groups in total. The molecular weight excluding hydrogens is 312 g/mol. The summed E-state index contributed by atoms with van der Waals surface area (Å²) in [6.45, 7) is 2.02. The smallest absolute Gasteiger partial charge is 0.209 e. The van der Waals surface area contributed by atoms with Gasteiger partial charge < -0.3 is 5.73 Å². The van der Waals surface area contributed by atoms with Crippen LogP contribution in [0.25, 0.3) is 5.69 Å². The number of hydrogen-bond acceptors (Lipinski definition) is 4. The standard InChI is InChI=1S/C20H18N4O/c1-15-7-9-17(10-8-15)24-14-12-19(25)20(23-24)18(11-13-21)22-16-5-3-2-4-6-16/h2-14H,21H2,1H3. The maximum Gasteiger partial charge on any atom is 0.209 e. The molecule has 0 fully saturated rings. The zero-order chi connectivity index (χ0) is 17.6. The average Bonchev–Trinajstić information content (AvgIpc) is 2.63. The fraction of sp³-hybridized carbons (Fsp3) is 0.0500. The Labute approximate surface area is 145 Å². The molecule has 5 heteroatoms. The van der Waals surface area contributed by atoms with E-state index in [4.69, 9.17) is 5.73 Å². The van der Waals surface area contributed by atoms with Gasteiger partial charge in [-0.05, 0) is 43.5 Å². The van der Waals surface area contributed by atoms with Crippen LogP contribution in [0.4, 0.5) is 5.69 Å². The van der Waals surface area contributed by atoms with E-state index in [1.807, 2.05) is 61.5 Å². The van der Waals surface area contributed by atoms with Gasteiger partial charge in [-0.15, -0.1) is 0 Å². The number of allylic oxidation sites excluding steroid dienone is 1. The molecule has 0 bridgehead atoms. The van der Waals surface area contributed by atoms with Gasteiger partial charge in [0.1, 0.15) is 0 Å². The lowest BCUT2D eigenvalue weighted by molar-refractivity contribution is 0.829. The molecule has 25 heavy (non-hydrogen) atoms. The monoisotopic (exact) mass is 330 g/mol. The Morgan fingerprint density at radius 1 is 1.08 bits per heavy atom. The van der Waals surface area contributed by atoms with Gasteiger partial charge in [-0.2, -0.15) is 5.10 Å². The molecule has 0 aliphatic carbocycles. The van der Waals surface area contributed by atoms with E-state index in [9.17, 15) is 4.79 Å². The molecule has 2 aromatic carbocycles. The molecule has 0 aliphatic rings. The third-order valence-corrected chi connectivity index (χ3v) is 3.61. The van der Waals surface area contributed by atoms with Crippen molar-refractivity contribution in [2.45, 2.75) is 6.92 Å². The number of rotatable bonds is 4. The number of aliphatic imine (C=N–C) groups is 1. The van der Waals surface area contributed by atoms with E-state index in [1.165, 1.54) is 12.3 Å². The Morgan fingerprint density at radius 2 is 1.80 bits per heavy atom. The van der Waals surface area contributed by atoms with Crippen LogP contribution in [-0.2, 0) is 0 Å². The zero-order valence-electron chi connectivity index (χ0n) is 13.8. The van der Waals surface area contributed by atoms with Gasteiger partial charge in [0, 0.05) is 12.3 Å². The van der Waals surface area contributed by atoms with Gasteiger partial charge in [-0.1, -0.05) is 35.9 Å². The Bertz CT molecular complexity index is 971. The topological polar surface area (TPSA) is 73.3 Å². The first-order valence-electron chi connectivity index (χ1n) is 7.87. The second kappa shape index (κ2) is 7.40. The maximum atomic E-state index is 12.3. The van der Waals surface area contributed by atoms with Crippen molar-refractivity contribution in [2.24, 2.45) is 10.7 Å². The molecular formula is C20H18N4O. The number of hydrogen-bond donors (Lipinski definition) is 1. The van der Waals surface area contributed by atoms with Crippen LogP contribution in [0.2, 0.25) is 0 Å². The Balaban J connectivity index is 2.10. The molecule has 0 saturated heterocycles. The summed E-state index contributed by atoms with van der Waals surface area (Å²) in [5.74, 6) is 0. The number of benzene rings is 2. The summed E-state index contributed by atoms with van der Waals surface area (Å²) >= 11 is 0. The highest BCUT2D eigenvalue weighted by Crippen LogP contribution is 2.13. The van der Waals surface area contributed by atoms with E-state index in [0.29, 0.717) is 5.71 Å². The van der Waals surface area contributed by atoms with Crippen molar-refractivity contribution in [3.05, 3.63) is 101 Å². The van der Waals surface area contributed by atoms with Crippen molar-refractivity contribution in [1.29, 1.82) is 0 Å². The second-order valence-corrected chi connectivity index (χ2v) is 5.50. The first kappa shape index (κ1) is 16.4. The molecule has 1 aromatic heterocycles. The highest BCUT2D eigenvalue weighted by molar-refractivity contribution is 6.08. The van der Waals surface area contributed by atoms with Gasteiger partial charge in [0.05, 0.1) is 17.1 Å². The summed E-state index contributed by atoms with van der Waals surface area (Å²) in [7, 11) is 0. The van der Waals surface area contributed by atoms with Crippen molar-refractivity contribution in [1.82, 2.24) is 9.78 Å². The number of nitrogens with zero attached hydrogens (tertiary/aromatic N) is 3. The summed E-state index contributed by atoms with van der Waals surface area (Å²) in [6.07, 6.45) is 4.57. The lowest BCUT2D eigenvalue weighted by Crippen LogP contribution is -2.20. The Hall–Kier alpha value is -3.47. The van der Waals surface area contributed by atoms with Crippen molar-refractivity contribution >= 4 is 11.4 Å². The predicted octanol–water partition coefficient (Wildman–Crippen LogP) is 3.13. The zero-order valence-corrected chi connectivity index (χ0v) is 13.8. The predicted molar refractivity (Wildman–Crippen MR) is 101 cm³/mol. The van der Waals surface area contributed by atoms with Crippen molar-refractivity contribution in [2.75, 3.05) is 0 Å². The lowest BCUT2D eigenvalue weighted by atomic mass is 10.2. The molecule has 0 saturated carbocycles. The van der Waals surface area contributed by atoms with Crippen molar-refractivity contribution in [3.63, 3.8) is 0 Å². The summed E-state index contributed by atoms with van der Waals surface area (Å²) in [5.41, 5.74) is 8.73. The van der Waals surface area contributed by atoms with Crippen LogP contribution in [-0.4, -0.2) is 15.5 Å². The molecule has 3 aromatic rings. The molecule has 0 amide bonds. The third-order valence-electron chi connectivity index (χ3n) is 3.61. The fourth-order valence-electron chi connectivity index (χ4n) is 2.33. The van der Waals surface area contributed by atoms with Crippen LogP contribution in [0.3, 0.4) is 0 Å². The minimum atomic E-state index is -0.212. The summed E-state index contributed by atoms with van der Waals surface area (Å²) in [6, 6.07) is 18.7. The number of para-hydroxylation sites is 1. The van der Waals surface area contributed by atoms with Gasteiger partial charge in [-0.3, -0.25) is 4.79 Å². The van der Waals surface area contributed by atoms with Gasteiger partial charge >= 0.3 is 0 Å². The minimum absolute atomic E-state index is 0.212. The third kappa shape index (κ3) is 3.90. The van der Waals surface area contributed by atoms with Gasteiger partial charge in [0.15, 0.2) is 5.69 Å². The first-order valence-corrected chi connectivity index (χ1v) is 7.87. The quantitative estimate of drug-likeness (QED) is 0.747. The first-order chi connectivity index (χ1) is 12.2. The van der Waals surface area contributed by atoms with Crippen LogP contribution in [0.1, 0.15) is 11.3 Å². The Kier molecular flexibility index (Phi) is 4.85. The molecule has 0 spiro atoms. The Morgan fingerprint density at radius 3 is 2.48 bits per heavy atom. The maximum absolute atomic E-state index is 12.3. The molecule has 3 rings (SSSR count). The highest BCUT2D eigenvalue weighted by Gasteiger charge is 2.09. The number of aryl methyl sites for hydroxylation is 1. The van der Waals surface area contributed by atoms with Crippen LogP contribution in [0.15, 0.2) is 88.9 Å². The second-order valence-electron chi connectivity index (χ2n) is 5.50. The van der Waals surface area contributed by atoms with Crippen LogP contribution in [0.5, 0.6) is 0 Å². The SMILES string of the molecule is Cc1ccc(-n2ccc(=O)c(C(C=CN)=Nc3ccccc3)n2)cc1.